The number of methoxy groups -OCH3 is 1. The molecule has 0 saturated heterocycles. The summed E-state index contributed by atoms with van der Waals surface area (Å²) in [5.74, 6) is -1.36. The van der Waals surface area contributed by atoms with Crippen molar-refractivity contribution in [3.05, 3.63) is 82.9 Å². The minimum absolute atomic E-state index is 0.154. The highest BCUT2D eigenvalue weighted by molar-refractivity contribution is 6.29. The van der Waals surface area contributed by atoms with Crippen LogP contribution in [0, 0.1) is 5.82 Å². The molecule has 0 spiro atoms. The third kappa shape index (κ3) is 7.24. The Morgan fingerprint density at radius 3 is 2.36 bits per heavy atom. The molecule has 188 valence electrons. The molecular formula is C25H25ClFN5O4. The van der Waals surface area contributed by atoms with Crippen LogP contribution in [-0.4, -0.2) is 35.5 Å². The van der Waals surface area contributed by atoms with E-state index in [0.717, 1.165) is 0 Å². The number of urea groups is 1. The van der Waals surface area contributed by atoms with Crippen LogP contribution in [0.4, 0.5) is 26.2 Å². The van der Waals surface area contributed by atoms with Crippen molar-refractivity contribution in [2.75, 3.05) is 23.1 Å². The third-order valence-electron chi connectivity index (χ3n) is 5.16. The van der Waals surface area contributed by atoms with Gasteiger partial charge in [-0.3, -0.25) is 10.1 Å². The van der Waals surface area contributed by atoms with Gasteiger partial charge in [-0.15, -0.1) is 0 Å². The molecule has 2 aromatic carbocycles. The number of ether oxygens (including phenoxy) is 1. The molecule has 4 N–H and O–H groups in total. The standard InChI is InChI=1S/C25H25ClFN5O4/c1-25(2,23(34)30-19-10-11-28-21(26)13-19)29-14-16-4-7-17(27)12-20(16)32-24(35)31-18-8-5-15(6-9-18)22(33)36-3/h4-13,29H,14H2,1-3H3,(H,28,30,34)(H2,31,32,35). The number of hydrogen-bond acceptors (Lipinski definition) is 6. The minimum atomic E-state index is -1.02. The highest BCUT2D eigenvalue weighted by Gasteiger charge is 2.27. The smallest absolute Gasteiger partial charge is 0.337 e. The van der Waals surface area contributed by atoms with Crippen LogP contribution in [0.1, 0.15) is 29.8 Å². The largest absolute Gasteiger partial charge is 0.465 e. The molecule has 0 aliphatic heterocycles. The summed E-state index contributed by atoms with van der Waals surface area (Å²) in [4.78, 5) is 40.7. The van der Waals surface area contributed by atoms with E-state index >= 15 is 0 Å². The number of pyridine rings is 1. The summed E-state index contributed by atoms with van der Waals surface area (Å²) in [5, 5.41) is 11.4. The van der Waals surface area contributed by atoms with Gasteiger partial charge in [-0.25, -0.2) is 19.0 Å². The van der Waals surface area contributed by atoms with Crippen molar-refractivity contribution in [3.63, 3.8) is 0 Å². The van der Waals surface area contributed by atoms with Crippen molar-refractivity contribution in [1.82, 2.24) is 10.3 Å². The number of aromatic nitrogens is 1. The molecule has 9 nitrogen and oxygen atoms in total. The topological polar surface area (TPSA) is 121 Å². The van der Waals surface area contributed by atoms with Gasteiger partial charge in [0.25, 0.3) is 0 Å². The molecule has 0 aliphatic carbocycles. The van der Waals surface area contributed by atoms with Gasteiger partial charge in [-0.05, 0) is 67.9 Å². The second kappa shape index (κ2) is 11.6. The van der Waals surface area contributed by atoms with Crippen molar-refractivity contribution < 1.29 is 23.5 Å². The van der Waals surface area contributed by atoms with Gasteiger partial charge in [-0.1, -0.05) is 17.7 Å². The number of hydrogen-bond donors (Lipinski definition) is 4. The molecule has 0 aliphatic rings. The number of carbonyl (C=O) groups is 3. The van der Waals surface area contributed by atoms with Crippen LogP contribution in [0.5, 0.6) is 0 Å². The number of benzene rings is 2. The first kappa shape index (κ1) is 26.6. The zero-order valence-corrected chi connectivity index (χ0v) is 20.6. The maximum Gasteiger partial charge on any atom is 0.337 e. The second-order valence-electron chi connectivity index (χ2n) is 8.25. The van der Waals surface area contributed by atoms with Crippen molar-refractivity contribution in [3.8, 4) is 0 Å². The Labute approximate surface area is 212 Å². The number of nitrogens with one attached hydrogen (secondary N) is 4. The number of halogens is 2. The lowest BCUT2D eigenvalue weighted by Gasteiger charge is -2.26. The fraction of sp³-hybridized carbons (Fsp3) is 0.200. The van der Waals surface area contributed by atoms with E-state index in [1.807, 2.05) is 0 Å². The number of anilines is 3. The first-order valence-corrected chi connectivity index (χ1v) is 11.2. The van der Waals surface area contributed by atoms with Crippen molar-refractivity contribution in [2.45, 2.75) is 25.9 Å². The summed E-state index contributed by atoms with van der Waals surface area (Å²) in [6.45, 7) is 3.53. The fourth-order valence-corrected chi connectivity index (χ4v) is 3.25. The molecule has 0 radical (unpaired) electrons. The lowest BCUT2D eigenvalue weighted by atomic mass is 10.0. The lowest BCUT2D eigenvalue weighted by Crippen LogP contribution is -2.49. The third-order valence-corrected chi connectivity index (χ3v) is 5.36. The van der Waals surface area contributed by atoms with Crippen LogP contribution in [0.25, 0.3) is 0 Å². The fourth-order valence-electron chi connectivity index (χ4n) is 3.08. The Kier molecular flexibility index (Phi) is 8.57. The van der Waals surface area contributed by atoms with Crippen LogP contribution in [-0.2, 0) is 16.1 Å². The average Bonchev–Trinajstić information content (AvgIpc) is 2.83. The molecule has 3 aromatic rings. The van der Waals surface area contributed by atoms with Gasteiger partial charge in [0.1, 0.15) is 11.0 Å². The van der Waals surface area contributed by atoms with Crippen LogP contribution in [0.2, 0.25) is 5.15 Å². The Balaban J connectivity index is 1.64. The zero-order valence-electron chi connectivity index (χ0n) is 19.8. The van der Waals surface area contributed by atoms with E-state index in [1.165, 1.54) is 61.8 Å². The summed E-state index contributed by atoms with van der Waals surface area (Å²) in [7, 11) is 1.28. The summed E-state index contributed by atoms with van der Waals surface area (Å²) >= 11 is 5.87. The van der Waals surface area contributed by atoms with Crippen LogP contribution >= 0.6 is 11.6 Å². The van der Waals surface area contributed by atoms with E-state index in [1.54, 1.807) is 19.9 Å². The number of nitrogens with zero attached hydrogens (tertiary/aromatic N) is 1. The minimum Gasteiger partial charge on any atom is -0.465 e. The summed E-state index contributed by atoms with van der Waals surface area (Å²) in [6.07, 6.45) is 1.48. The number of carbonyl (C=O) groups excluding carboxylic acids is 3. The van der Waals surface area contributed by atoms with E-state index in [4.69, 9.17) is 11.6 Å². The van der Waals surface area contributed by atoms with E-state index in [2.05, 4.69) is 31.0 Å². The SMILES string of the molecule is COC(=O)c1ccc(NC(=O)Nc2cc(F)ccc2CNC(C)(C)C(=O)Nc2ccnc(Cl)c2)cc1. The Hall–Kier alpha value is -4.02. The molecule has 1 aromatic heterocycles. The number of amides is 3. The van der Waals surface area contributed by atoms with Crippen molar-refractivity contribution >= 4 is 46.6 Å². The monoisotopic (exact) mass is 513 g/mol. The summed E-state index contributed by atoms with van der Waals surface area (Å²) in [5.41, 5.74) is 1.01. The molecule has 0 fully saturated rings. The Morgan fingerprint density at radius 1 is 0.972 bits per heavy atom. The molecule has 36 heavy (non-hydrogen) atoms. The number of rotatable bonds is 8. The maximum atomic E-state index is 13.9. The van der Waals surface area contributed by atoms with Gasteiger partial charge < -0.3 is 20.7 Å². The number of esters is 1. The molecule has 3 rings (SSSR count). The predicted octanol–water partition coefficient (Wildman–Crippen LogP) is 4.81. The van der Waals surface area contributed by atoms with E-state index in [0.29, 0.717) is 22.5 Å². The lowest BCUT2D eigenvalue weighted by molar-refractivity contribution is -0.121. The summed E-state index contributed by atoms with van der Waals surface area (Å²) in [6, 6.07) is 12.6. The van der Waals surface area contributed by atoms with Gasteiger partial charge in [0, 0.05) is 29.8 Å². The Bertz CT molecular complexity index is 1270. The van der Waals surface area contributed by atoms with Crippen LogP contribution in [0.3, 0.4) is 0 Å². The van der Waals surface area contributed by atoms with Crippen LogP contribution < -0.4 is 21.3 Å². The van der Waals surface area contributed by atoms with E-state index in [9.17, 15) is 18.8 Å². The normalized spacial score (nSPS) is 10.9. The average molecular weight is 514 g/mol. The first-order valence-electron chi connectivity index (χ1n) is 10.8. The molecule has 0 atom stereocenters. The molecule has 0 unspecified atom stereocenters. The maximum absolute atomic E-state index is 13.9. The Morgan fingerprint density at radius 2 is 1.69 bits per heavy atom. The van der Waals surface area contributed by atoms with E-state index < -0.39 is 23.4 Å². The summed E-state index contributed by atoms with van der Waals surface area (Å²) < 4.78 is 18.6. The van der Waals surface area contributed by atoms with Gasteiger partial charge in [-0.2, -0.15) is 0 Å². The molecule has 11 heteroatoms. The molecule has 0 bridgehead atoms. The highest BCUT2D eigenvalue weighted by atomic mass is 35.5. The molecular weight excluding hydrogens is 489 g/mol. The first-order chi connectivity index (χ1) is 17.1. The van der Waals surface area contributed by atoms with Gasteiger partial charge in [0.2, 0.25) is 5.91 Å². The molecule has 3 amide bonds. The van der Waals surface area contributed by atoms with E-state index in [-0.39, 0.29) is 23.3 Å². The quantitative estimate of drug-likeness (QED) is 0.253. The molecule has 0 saturated carbocycles. The van der Waals surface area contributed by atoms with Gasteiger partial charge in [0.05, 0.1) is 18.2 Å². The van der Waals surface area contributed by atoms with Gasteiger partial charge in [0.15, 0.2) is 0 Å². The van der Waals surface area contributed by atoms with Crippen molar-refractivity contribution in [2.24, 2.45) is 0 Å². The van der Waals surface area contributed by atoms with Gasteiger partial charge >= 0.3 is 12.0 Å². The highest BCUT2D eigenvalue weighted by Crippen LogP contribution is 2.20. The second-order valence-corrected chi connectivity index (χ2v) is 8.64. The van der Waals surface area contributed by atoms with Crippen molar-refractivity contribution in [1.29, 1.82) is 0 Å². The predicted molar refractivity (Wildman–Crippen MR) is 136 cm³/mol. The van der Waals surface area contributed by atoms with Crippen LogP contribution in [0.15, 0.2) is 60.8 Å². The molecule has 1 heterocycles. The zero-order chi connectivity index (χ0) is 26.3.